The van der Waals surface area contributed by atoms with Crippen molar-refractivity contribution < 1.29 is 19.2 Å². The Morgan fingerprint density at radius 2 is 1.92 bits per heavy atom. The molecule has 0 unspecified atom stereocenters. The van der Waals surface area contributed by atoms with E-state index < -0.39 is 10.9 Å². The van der Waals surface area contributed by atoms with Crippen LogP contribution in [0.25, 0.3) is 0 Å². The maximum Gasteiger partial charge on any atom is 0.338 e. The molecule has 0 aromatic heterocycles. The zero-order valence-corrected chi connectivity index (χ0v) is 13.5. The maximum atomic E-state index is 12.1. The number of carbonyl (C=O) groups is 1. The average Bonchev–Trinajstić information content (AvgIpc) is 3.43. The number of nitrogens with one attached hydrogen (secondary N) is 1. The molecule has 0 bridgehead atoms. The summed E-state index contributed by atoms with van der Waals surface area (Å²) < 4.78 is 10.5. The molecule has 1 N–H and O–H groups in total. The summed E-state index contributed by atoms with van der Waals surface area (Å²) in [6, 6.07) is 13.8. The quantitative estimate of drug-likeness (QED) is 0.342. The lowest BCUT2D eigenvalue weighted by atomic mass is 10.1. The van der Waals surface area contributed by atoms with Crippen LogP contribution in [-0.2, 0) is 4.74 Å². The third kappa shape index (κ3) is 4.69. The van der Waals surface area contributed by atoms with Gasteiger partial charge < -0.3 is 14.8 Å². The van der Waals surface area contributed by atoms with Crippen molar-refractivity contribution >= 4 is 17.3 Å². The van der Waals surface area contributed by atoms with Crippen molar-refractivity contribution in [3.8, 4) is 5.75 Å². The SMILES string of the molecule is O=C(OCCOc1ccccc1)c1ccc(NC2CC2)c([N+](=O)[O-])c1. The minimum absolute atomic E-state index is 0.0591. The summed E-state index contributed by atoms with van der Waals surface area (Å²) in [7, 11) is 0. The largest absolute Gasteiger partial charge is 0.490 e. The molecule has 130 valence electrons. The van der Waals surface area contributed by atoms with Crippen molar-refractivity contribution in [2.24, 2.45) is 0 Å². The summed E-state index contributed by atoms with van der Waals surface area (Å²) in [6.45, 7) is 0.267. The first-order valence-electron chi connectivity index (χ1n) is 8.03. The standard InChI is InChI=1S/C18H18N2O5/c21-18(25-11-10-24-15-4-2-1-3-5-15)13-6-9-16(19-14-7-8-14)17(12-13)20(22)23/h1-6,9,12,14,19H,7-8,10-11H2. The number of anilines is 1. The van der Waals surface area contributed by atoms with Crippen LogP contribution in [0.15, 0.2) is 48.5 Å². The first kappa shape index (κ1) is 16.8. The summed E-state index contributed by atoms with van der Waals surface area (Å²) in [5, 5.41) is 14.3. The van der Waals surface area contributed by atoms with Crippen LogP contribution in [0, 0.1) is 10.1 Å². The highest BCUT2D eigenvalue weighted by Gasteiger charge is 2.25. The number of nitro groups is 1. The molecule has 3 rings (SSSR count). The highest BCUT2D eigenvalue weighted by Crippen LogP contribution is 2.31. The van der Waals surface area contributed by atoms with Gasteiger partial charge in [-0.1, -0.05) is 18.2 Å². The lowest BCUT2D eigenvalue weighted by Crippen LogP contribution is -2.13. The molecule has 0 spiro atoms. The molecule has 7 heteroatoms. The Morgan fingerprint density at radius 1 is 1.16 bits per heavy atom. The van der Waals surface area contributed by atoms with Crippen LogP contribution in [0.2, 0.25) is 0 Å². The predicted octanol–water partition coefficient (Wildman–Crippen LogP) is 3.40. The molecule has 0 aliphatic heterocycles. The number of benzene rings is 2. The summed E-state index contributed by atoms with van der Waals surface area (Å²) >= 11 is 0. The molecule has 0 heterocycles. The molecule has 1 aliphatic carbocycles. The smallest absolute Gasteiger partial charge is 0.338 e. The van der Waals surface area contributed by atoms with Crippen LogP contribution in [0.5, 0.6) is 5.75 Å². The van der Waals surface area contributed by atoms with Crippen LogP contribution in [0.4, 0.5) is 11.4 Å². The second-order valence-corrected chi connectivity index (χ2v) is 5.71. The van der Waals surface area contributed by atoms with Gasteiger partial charge in [0.25, 0.3) is 5.69 Å². The van der Waals surface area contributed by atoms with E-state index >= 15 is 0 Å². The van der Waals surface area contributed by atoms with Crippen LogP contribution >= 0.6 is 0 Å². The zero-order chi connectivity index (χ0) is 17.6. The highest BCUT2D eigenvalue weighted by atomic mass is 16.6. The third-order valence-electron chi connectivity index (χ3n) is 3.70. The monoisotopic (exact) mass is 342 g/mol. The second-order valence-electron chi connectivity index (χ2n) is 5.71. The van der Waals surface area contributed by atoms with Gasteiger partial charge in [0.2, 0.25) is 0 Å². The maximum absolute atomic E-state index is 12.1. The van der Waals surface area contributed by atoms with E-state index in [1.807, 2.05) is 18.2 Å². The van der Waals surface area contributed by atoms with E-state index in [1.54, 1.807) is 18.2 Å². The molecular formula is C18H18N2O5. The first-order valence-corrected chi connectivity index (χ1v) is 8.03. The second kappa shape index (κ2) is 7.65. The third-order valence-corrected chi connectivity index (χ3v) is 3.70. The van der Waals surface area contributed by atoms with E-state index in [4.69, 9.17) is 9.47 Å². The van der Waals surface area contributed by atoms with Gasteiger partial charge in [-0.25, -0.2) is 4.79 Å². The van der Waals surface area contributed by atoms with Crippen molar-refractivity contribution in [1.29, 1.82) is 0 Å². The topological polar surface area (TPSA) is 90.7 Å². The van der Waals surface area contributed by atoms with Gasteiger partial charge in [0, 0.05) is 12.1 Å². The van der Waals surface area contributed by atoms with Gasteiger partial charge in [-0.15, -0.1) is 0 Å². The number of esters is 1. The van der Waals surface area contributed by atoms with E-state index in [2.05, 4.69) is 5.32 Å². The molecule has 1 saturated carbocycles. The summed E-state index contributed by atoms with van der Waals surface area (Å²) in [5.74, 6) is 0.0717. The van der Waals surface area contributed by atoms with Crippen LogP contribution in [0.1, 0.15) is 23.2 Å². The molecule has 2 aromatic rings. The fourth-order valence-electron chi connectivity index (χ4n) is 2.27. The van der Waals surface area contributed by atoms with Crippen molar-refractivity contribution in [2.45, 2.75) is 18.9 Å². The van der Waals surface area contributed by atoms with Gasteiger partial charge >= 0.3 is 5.97 Å². The van der Waals surface area contributed by atoms with Crippen molar-refractivity contribution in [1.82, 2.24) is 0 Å². The van der Waals surface area contributed by atoms with Crippen molar-refractivity contribution in [3.05, 3.63) is 64.2 Å². The van der Waals surface area contributed by atoms with E-state index in [1.165, 1.54) is 12.1 Å². The molecule has 0 radical (unpaired) electrons. The molecular weight excluding hydrogens is 324 g/mol. The molecule has 7 nitrogen and oxygen atoms in total. The summed E-state index contributed by atoms with van der Waals surface area (Å²) in [6.07, 6.45) is 2.00. The lowest BCUT2D eigenvalue weighted by molar-refractivity contribution is -0.384. The first-order chi connectivity index (χ1) is 12.1. The predicted molar refractivity (Wildman–Crippen MR) is 92.0 cm³/mol. The molecule has 0 saturated heterocycles. The fourth-order valence-corrected chi connectivity index (χ4v) is 2.27. The van der Waals surface area contributed by atoms with Crippen LogP contribution in [-0.4, -0.2) is 30.1 Å². The number of carbonyl (C=O) groups excluding carboxylic acids is 1. The molecule has 25 heavy (non-hydrogen) atoms. The Bertz CT molecular complexity index is 759. The Hall–Kier alpha value is -3.09. The Labute approximate surface area is 144 Å². The molecule has 1 fully saturated rings. The summed E-state index contributed by atoms with van der Waals surface area (Å²) in [4.78, 5) is 22.8. The van der Waals surface area contributed by atoms with E-state index in [-0.39, 0.29) is 30.5 Å². The van der Waals surface area contributed by atoms with E-state index in [0.717, 1.165) is 12.8 Å². The highest BCUT2D eigenvalue weighted by molar-refractivity contribution is 5.91. The van der Waals surface area contributed by atoms with Gasteiger partial charge in [-0.05, 0) is 37.1 Å². The van der Waals surface area contributed by atoms with Crippen LogP contribution in [0.3, 0.4) is 0 Å². The molecule has 0 amide bonds. The molecule has 2 aromatic carbocycles. The summed E-state index contributed by atoms with van der Waals surface area (Å²) in [5.41, 5.74) is 0.450. The number of para-hydroxylation sites is 1. The minimum atomic E-state index is -0.613. The lowest BCUT2D eigenvalue weighted by Gasteiger charge is -2.09. The molecule has 0 atom stereocenters. The number of nitro benzene ring substituents is 1. The number of hydrogen-bond acceptors (Lipinski definition) is 6. The van der Waals surface area contributed by atoms with Gasteiger partial charge in [0.1, 0.15) is 24.7 Å². The molecule has 1 aliphatic rings. The Balaban J connectivity index is 1.55. The van der Waals surface area contributed by atoms with Crippen LogP contribution < -0.4 is 10.1 Å². The van der Waals surface area contributed by atoms with Crippen molar-refractivity contribution in [2.75, 3.05) is 18.5 Å². The average molecular weight is 342 g/mol. The number of ether oxygens (including phenoxy) is 2. The Kier molecular flexibility index (Phi) is 5.13. The number of nitrogens with zero attached hydrogens (tertiary/aromatic N) is 1. The van der Waals surface area contributed by atoms with Gasteiger partial charge in [0.15, 0.2) is 0 Å². The Morgan fingerprint density at radius 3 is 2.60 bits per heavy atom. The van der Waals surface area contributed by atoms with Crippen molar-refractivity contribution in [3.63, 3.8) is 0 Å². The van der Waals surface area contributed by atoms with Gasteiger partial charge in [0.05, 0.1) is 10.5 Å². The number of hydrogen-bond donors (Lipinski definition) is 1. The van der Waals surface area contributed by atoms with E-state index in [9.17, 15) is 14.9 Å². The fraction of sp³-hybridized carbons (Fsp3) is 0.278. The zero-order valence-electron chi connectivity index (χ0n) is 13.5. The van der Waals surface area contributed by atoms with Gasteiger partial charge in [-0.3, -0.25) is 10.1 Å². The minimum Gasteiger partial charge on any atom is -0.490 e. The van der Waals surface area contributed by atoms with E-state index in [0.29, 0.717) is 11.4 Å². The normalized spacial score (nSPS) is 13.1. The van der Waals surface area contributed by atoms with Gasteiger partial charge in [-0.2, -0.15) is 0 Å². The number of rotatable bonds is 8.